The first-order chi connectivity index (χ1) is 12.7. The molecule has 0 atom stereocenters. The van der Waals surface area contributed by atoms with Crippen molar-refractivity contribution in [2.24, 2.45) is 4.99 Å². The molecule has 1 heterocycles. The molecule has 0 bridgehead atoms. The van der Waals surface area contributed by atoms with E-state index in [1.807, 2.05) is 78.9 Å². The van der Waals surface area contributed by atoms with Gasteiger partial charge in [-0.05, 0) is 42.5 Å². The van der Waals surface area contributed by atoms with Crippen LogP contribution in [0.15, 0.2) is 92.7 Å². The van der Waals surface area contributed by atoms with Gasteiger partial charge in [-0.15, -0.1) is 0 Å². The molecule has 4 heteroatoms. The maximum Gasteiger partial charge on any atom is 0.136 e. The highest BCUT2D eigenvalue weighted by molar-refractivity contribution is 9.10. The van der Waals surface area contributed by atoms with E-state index in [0.29, 0.717) is 0 Å². The molecule has 0 saturated heterocycles. The molecule has 0 saturated carbocycles. The van der Waals surface area contributed by atoms with Gasteiger partial charge in [0.05, 0.1) is 18.2 Å². The van der Waals surface area contributed by atoms with Crippen LogP contribution in [0.4, 0.5) is 5.69 Å². The second kappa shape index (κ2) is 7.18. The monoisotopic (exact) mass is 405 g/mol. The van der Waals surface area contributed by atoms with Crippen LogP contribution in [0.3, 0.4) is 0 Å². The van der Waals surface area contributed by atoms with Gasteiger partial charge in [0.1, 0.15) is 17.1 Å². The van der Waals surface area contributed by atoms with Crippen LogP contribution in [-0.2, 0) is 0 Å². The lowest BCUT2D eigenvalue weighted by atomic mass is 10.1. The van der Waals surface area contributed by atoms with E-state index in [9.17, 15) is 0 Å². The average molecular weight is 406 g/mol. The molecule has 0 spiro atoms. The molecule has 0 aliphatic heterocycles. The minimum absolute atomic E-state index is 0.785. The summed E-state index contributed by atoms with van der Waals surface area (Å²) in [5.74, 6) is 1.59. The van der Waals surface area contributed by atoms with Gasteiger partial charge in [-0.1, -0.05) is 46.3 Å². The van der Waals surface area contributed by atoms with Gasteiger partial charge in [0.25, 0.3) is 0 Å². The van der Waals surface area contributed by atoms with Crippen molar-refractivity contribution in [1.29, 1.82) is 0 Å². The number of hydrogen-bond donors (Lipinski definition) is 0. The van der Waals surface area contributed by atoms with E-state index in [1.165, 1.54) is 0 Å². The highest BCUT2D eigenvalue weighted by Gasteiger charge is 2.06. The number of fused-ring (bicyclic) bond motifs is 1. The largest absolute Gasteiger partial charge is 0.497 e. The van der Waals surface area contributed by atoms with Crippen LogP contribution in [0.5, 0.6) is 5.75 Å². The van der Waals surface area contributed by atoms with Crippen LogP contribution in [0.25, 0.3) is 22.3 Å². The summed E-state index contributed by atoms with van der Waals surface area (Å²) in [5, 5.41) is 1.81. The molecular formula is C22H16BrNO2. The highest BCUT2D eigenvalue weighted by atomic mass is 79.9. The van der Waals surface area contributed by atoms with Crippen LogP contribution in [0.2, 0.25) is 0 Å². The third-order valence-electron chi connectivity index (χ3n) is 4.09. The van der Waals surface area contributed by atoms with Crippen molar-refractivity contribution in [3.63, 3.8) is 0 Å². The van der Waals surface area contributed by atoms with Crippen molar-refractivity contribution in [1.82, 2.24) is 0 Å². The lowest BCUT2D eigenvalue weighted by molar-refractivity contribution is 0.415. The molecule has 4 rings (SSSR count). The fourth-order valence-electron chi connectivity index (χ4n) is 2.77. The quantitative estimate of drug-likeness (QED) is 0.412. The van der Waals surface area contributed by atoms with E-state index in [2.05, 4.69) is 15.9 Å². The third kappa shape index (κ3) is 3.41. The molecule has 128 valence electrons. The maximum atomic E-state index is 6.12. The summed E-state index contributed by atoms with van der Waals surface area (Å²) in [7, 11) is 1.65. The lowest BCUT2D eigenvalue weighted by Gasteiger charge is -2.06. The van der Waals surface area contributed by atoms with E-state index in [0.717, 1.165) is 43.6 Å². The minimum atomic E-state index is 0.785. The van der Waals surface area contributed by atoms with Gasteiger partial charge in [-0.25, -0.2) is 4.99 Å². The summed E-state index contributed by atoms with van der Waals surface area (Å²) in [4.78, 5) is 4.84. The Kier molecular flexibility index (Phi) is 4.59. The van der Waals surface area contributed by atoms with Gasteiger partial charge >= 0.3 is 0 Å². The predicted molar refractivity (Wildman–Crippen MR) is 108 cm³/mol. The number of methoxy groups -OCH3 is 1. The molecule has 26 heavy (non-hydrogen) atoms. The zero-order valence-corrected chi connectivity index (χ0v) is 15.7. The van der Waals surface area contributed by atoms with Gasteiger partial charge in [0, 0.05) is 21.5 Å². The van der Waals surface area contributed by atoms with E-state index < -0.39 is 0 Å². The molecule has 3 aromatic carbocycles. The summed E-state index contributed by atoms with van der Waals surface area (Å²) in [6, 6.07) is 25.7. The van der Waals surface area contributed by atoms with Gasteiger partial charge in [0.2, 0.25) is 0 Å². The fraction of sp³-hybridized carbons (Fsp3) is 0.0455. The Balaban J connectivity index is 1.95. The maximum absolute atomic E-state index is 6.12. The van der Waals surface area contributed by atoms with Crippen molar-refractivity contribution in [2.45, 2.75) is 0 Å². The highest BCUT2D eigenvalue weighted by Crippen LogP contribution is 2.25. The molecule has 0 radical (unpaired) electrons. The second-order valence-corrected chi connectivity index (χ2v) is 6.73. The normalized spacial score (nSPS) is 11.7. The molecule has 0 aliphatic carbocycles. The van der Waals surface area contributed by atoms with Crippen LogP contribution < -0.4 is 10.1 Å². The number of benzene rings is 3. The molecule has 0 aliphatic rings. The Morgan fingerprint density at radius 3 is 2.38 bits per heavy atom. The third-order valence-corrected chi connectivity index (χ3v) is 4.58. The van der Waals surface area contributed by atoms with E-state index in [1.54, 1.807) is 7.11 Å². The number of ether oxygens (including phenoxy) is 1. The van der Waals surface area contributed by atoms with Crippen molar-refractivity contribution in [2.75, 3.05) is 7.11 Å². The Morgan fingerprint density at radius 1 is 0.885 bits per heavy atom. The zero-order valence-electron chi connectivity index (χ0n) is 14.1. The lowest BCUT2D eigenvalue weighted by Crippen LogP contribution is -2.03. The number of rotatable bonds is 3. The molecule has 4 aromatic rings. The predicted octanol–water partition coefficient (Wildman–Crippen LogP) is 6.10. The second-order valence-electron chi connectivity index (χ2n) is 5.81. The molecule has 0 N–H and O–H groups in total. The Labute approximate surface area is 159 Å². The molecule has 1 aromatic heterocycles. The van der Waals surface area contributed by atoms with Crippen LogP contribution in [-0.4, -0.2) is 7.11 Å². The summed E-state index contributed by atoms with van der Waals surface area (Å²) >= 11 is 3.53. The average Bonchev–Trinajstić information content (AvgIpc) is 2.69. The SMILES string of the molecule is COc1ccc(N=c2cc(-c3ccccc3)oc3ccc(Br)cc23)cc1. The topological polar surface area (TPSA) is 34.7 Å². The van der Waals surface area contributed by atoms with Gasteiger partial charge < -0.3 is 9.15 Å². The molecule has 0 fully saturated rings. The van der Waals surface area contributed by atoms with E-state index >= 15 is 0 Å². The molecule has 0 unspecified atom stereocenters. The first-order valence-corrected chi connectivity index (χ1v) is 9.00. The Hall–Kier alpha value is -2.85. The zero-order chi connectivity index (χ0) is 17.9. The number of nitrogens with zero attached hydrogens (tertiary/aromatic N) is 1. The minimum Gasteiger partial charge on any atom is -0.497 e. The van der Waals surface area contributed by atoms with Gasteiger partial charge in [-0.2, -0.15) is 0 Å². The van der Waals surface area contributed by atoms with Crippen LogP contribution in [0, 0.1) is 0 Å². The summed E-state index contributed by atoms with van der Waals surface area (Å²) in [5.41, 5.74) is 2.67. The first kappa shape index (κ1) is 16.6. The molecule has 0 amide bonds. The van der Waals surface area contributed by atoms with Crippen LogP contribution >= 0.6 is 15.9 Å². The fourth-order valence-corrected chi connectivity index (χ4v) is 3.14. The molecule has 3 nitrogen and oxygen atoms in total. The van der Waals surface area contributed by atoms with E-state index in [4.69, 9.17) is 14.1 Å². The van der Waals surface area contributed by atoms with E-state index in [-0.39, 0.29) is 0 Å². The molecular weight excluding hydrogens is 390 g/mol. The smallest absolute Gasteiger partial charge is 0.136 e. The van der Waals surface area contributed by atoms with Crippen molar-refractivity contribution in [3.05, 3.63) is 88.7 Å². The van der Waals surface area contributed by atoms with Gasteiger partial charge in [-0.3, -0.25) is 0 Å². The standard InChI is InChI=1S/C22H16BrNO2/c1-25-18-10-8-17(9-11-18)24-20-14-22(15-5-3-2-4-6-15)26-21-12-7-16(23)13-19(20)21/h2-14H,1H3. The summed E-state index contributed by atoms with van der Waals surface area (Å²) in [6.45, 7) is 0. The van der Waals surface area contributed by atoms with Crippen molar-refractivity contribution in [3.8, 4) is 17.1 Å². The summed E-state index contributed by atoms with van der Waals surface area (Å²) in [6.07, 6.45) is 0. The Bertz CT molecular complexity index is 1120. The van der Waals surface area contributed by atoms with Crippen LogP contribution in [0.1, 0.15) is 0 Å². The first-order valence-electron chi connectivity index (χ1n) is 8.20. The van der Waals surface area contributed by atoms with Crippen molar-refractivity contribution >= 4 is 32.6 Å². The van der Waals surface area contributed by atoms with Crippen molar-refractivity contribution < 1.29 is 9.15 Å². The van der Waals surface area contributed by atoms with Gasteiger partial charge in [0.15, 0.2) is 0 Å². The Morgan fingerprint density at radius 2 is 1.65 bits per heavy atom. The number of hydrogen-bond acceptors (Lipinski definition) is 3. The number of halogens is 1. The summed E-state index contributed by atoms with van der Waals surface area (Å²) < 4.78 is 12.3.